The second kappa shape index (κ2) is 6.35. The second-order valence-corrected chi connectivity index (χ2v) is 11.1. The molecule has 0 aliphatic carbocycles. The van der Waals surface area contributed by atoms with E-state index in [0.717, 1.165) is 23.1 Å². The molecule has 0 saturated carbocycles. The smallest absolute Gasteiger partial charge is 0.261 e. The Morgan fingerprint density at radius 1 is 0.926 bits per heavy atom. The molecule has 0 saturated heterocycles. The number of hydrogen-bond acceptors (Lipinski definition) is 5. The molecule has 1 heterocycles. The van der Waals surface area contributed by atoms with Gasteiger partial charge in [-0.15, -0.1) is 0 Å². The number of nitrogens with one attached hydrogen (secondary N) is 2. The third-order valence-corrected chi connectivity index (χ3v) is 6.53. The van der Waals surface area contributed by atoms with Crippen LogP contribution in [0.1, 0.15) is 26.6 Å². The molecule has 0 fully saturated rings. The van der Waals surface area contributed by atoms with Crippen LogP contribution in [0, 0.1) is 0 Å². The van der Waals surface area contributed by atoms with Crippen LogP contribution in [0.15, 0.2) is 52.3 Å². The number of aromatic amines is 1. The van der Waals surface area contributed by atoms with E-state index in [-0.39, 0.29) is 15.2 Å². The summed E-state index contributed by atoms with van der Waals surface area (Å²) in [4.78, 5) is 7.78. The minimum absolute atomic E-state index is 0.0185. The molecule has 0 atom stereocenters. The Labute approximate surface area is 158 Å². The first kappa shape index (κ1) is 19.4. The maximum atomic E-state index is 12.6. The molecule has 27 heavy (non-hydrogen) atoms. The molecule has 0 spiro atoms. The number of anilines is 1. The van der Waals surface area contributed by atoms with Crippen molar-refractivity contribution in [2.45, 2.75) is 36.0 Å². The fraction of sp³-hybridized carbons (Fsp3) is 0.278. The van der Waals surface area contributed by atoms with Crippen molar-refractivity contribution in [3.8, 4) is 0 Å². The van der Waals surface area contributed by atoms with Gasteiger partial charge in [-0.05, 0) is 42.5 Å². The molecule has 3 aromatic rings. The van der Waals surface area contributed by atoms with E-state index in [2.05, 4.69) is 14.7 Å². The molecular formula is C18H21N3O4S2. The Hall–Kier alpha value is -2.39. The first-order valence-corrected chi connectivity index (χ1v) is 11.6. The molecule has 3 rings (SSSR count). The van der Waals surface area contributed by atoms with Gasteiger partial charge in [0.15, 0.2) is 9.84 Å². The molecule has 0 aliphatic rings. The van der Waals surface area contributed by atoms with E-state index in [9.17, 15) is 16.8 Å². The SMILES string of the molecule is CC(C)(C)c1nc2ccc(NS(=O)(=O)c3ccc(S(C)(=O)=O)cc3)cc2[nH]1. The van der Waals surface area contributed by atoms with Crippen molar-refractivity contribution in [3.05, 3.63) is 48.3 Å². The Balaban J connectivity index is 1.91. The first-order chi connectivity index (χ1) is 12.4. The van der Waals surface area contributed by atoms with Crippen molar-refractivity contribution in [2.24, 2.45) is 0 Å². The van der Waals surface area contributed by atoms with Gasteiger partial charge in [0.1, 0.15) is 5.82 Å². The first-order valence-electron chi connectivity index (χ1n) is 8.19. The average Bonchev–Trinajstić information content (AvgIpc) is 2.97. The summed E-state index contributed by atoms with van der Waals surface area (Å²) in [5, 5.41) is 0. The van der Waals surface area contributed by atoms with Crippen molar-refractivity contribution in [3.63, 3.8) is 0 Å². The Kier molecular flexibility index (Phi) is 4.55. The highest BCUT2D eigenvalue weighted by molar-refractivity contribution is 7.92. The second-order valence-electron chi connectivity index (χ2n) is 7.42. The van der Waals surface area contributed by atoms with Gasteiger partial charge in [0.2, 0.25) is 0 Å². The third kappa shape index (κ3) is 4.14. The summed E-state index contributed by atoms with van der Waals surface area (Å²) in [6, 6.07) is 10.1. The monoisotopic (exact) mass is 407 g/mol. The highest BCUT2D eigenvalue weighted by Gasteiger charge is 2.19. The summed E-state index contributed by atoms with van der Waals surface area (Å²) in [5.41, 5.74) is 1.71. The van der Waals surface area contributed by atoms with Crippen LogP contribution in [-0.2, 0) is 25.3 Å². The number of imidazole rings is 1. The summed E-state index contributed by atoms with van der Waals surface area (Å²) in [5.74, 6) is 0.814. The van der Waals surface area contributed by atoms with E-state index in [1.807, 2.05) is 20.8 Å². The molecule has 9 heteroatoms. The summed E-state index contributed by atoms with van der Waals surface area (Å²) in [6.07, 6.45) is 1.07. The maximum absolute atomic E-state index is 12.6. The molecule has 2 N–H and O–H groups in total. The van der Waals surface area contributed by atoms with Gasteiger partial charge >= 0.3 is 0 Å². The van der Waals surface area contributed by atoms with Gasteiger partial charge in [-0.1, -0.05) is 20.8 Å². The number of sulfonamides is 1. The van der Waals surface area contributed by atoms with E-state index < -0.39 is 19.9 Å². The van der Waals surface area contributed by atoms with Gasteiger partial charge in [-0.2, -0.15) is 0 Å². The number of fused-ring (bicyclic) bond motifs is 1. The van der Waals surface area contributed by atoms with Gasteiger partial charge in [-0.3, -0.25) is 4.72 Å². The van der Waals surface area contributed by atoms with Crippen molar-refractivity contribution < 1.29 is 16.8 Å². The summed E-state index contributed by atoms with van der Waals surface area (Å²) < 4.78 is 50.7. The van der Waals surface area contributed by atoms with Crippen LogP contribution in [0.25, 0.3) is 11.0 Å². The van der Waals surface area contributed by atoms with E-state index in [1.54, 1.807) is 18.2 Å². The molecule has 0 aliphatic heterocycles. The summed E-state index contributed by atoms with van der Waals surface area (Å²) >= 11 is 0. The van der Waals surface area contributed by atoms with Crippen LogP contribution in [0.4, 0.5) is 5.69 Å². The largest absolute Gasteiger partial charge is 0.341 e. The average molecular weight is 408 g/mol. The molecule has 0 bridgehead atoms. The molecule has 1 aromatic heterocycles. The van der Waals surface area contributed by atoms with Crippen molar-refractivity contribution in [1.29, 1.82) is 0 Å². The minimum Gasteiger partial charge on any atom is -0.341 e. The zero-order valence-electron chi connectivity index (χ0n) is 15.4. The Morgan fingerprint density at radius 3 is 2.07 bits per heavy atom. The standard InChI is InChI=1S/C18H21N3O4S2/c1-18(2,3)17-19-15-10-5-12(11-16(15)20-17)21-27(24,25)14-8-6-13(7-9-14)26(4,22)23/h5-11,21H,1-4H3,(H,19,20). The molecule has 7 nitrogen and oxygen atoms in total. The van der Waals surface area contributed by atoms with E-state index in [1.165, 1.54) is 24.3 Å². The maximum Gasteiger partial charge on any atom is 0.261 e. The summed E-state index contributed by atoms with van der Waals surface area (Å²) in [6.45, 7) is 6.11. The highest BCUT2D eigenvalue weighted by Crippen LogP contribution is 2.25. The highest BCUT2D eigenvalue weighted by atomic mass is 32.2. The number of benzene rings is 2. The number of nitrogens with zero attached hydrogens (tertiary/aromatic N) is 1. The predicted octanol–water partition coefficient (Wildman–Crippen LogP) is 3.06. The molecule has 2 aromatic carbocycles. The molecule has 144 valence electrons. The van der Waals surface area contributed by atoms with Crippen LogP contribution >= 0.6 is 0 Å². The van der Waals surface area contributed by atoms with Crippen LogP contribution in [-0.4, -0.2) is 33.1 Å². The normalized spacial score (nSPS) is 13.0. The number of rotatable bonds is 4. The van der Waals surface area contributed by atoms with Gasteiger partial charge in [0.05, 0.1) is 26.5 Å². The van der Waals surface area contributed by atoms with Crippen molar-refractivity contribution in [2.75, 3.05) is 11.0 Å². The quantitative estimate of drug-likeness (QED) is 0.691. The van der Waals surface area contributed by atoms with E-state index in [4.69, 9.17) is 0 Å². The minimum atomic E-state index is -3.84. The van der Waals surface area contributed by atoms with Gasteiger partial charge in [0, 0.05) is 11.7 Å². The number of aromatic nitrogens is 2. The lowest BCUT2D eigenvalue weighted by molar-refractivity contribution is 0.554. The van der Waals surface area contributed by atoms with Gasteiger partial charge in [0.25, 0.3) is 10.0 Å². The zero-order chi connectivity index (χ0) is 20.0. The van der Waals surface area contributed by atoms with Crippen molar-refractivity contribution in [1.82, 2.24) is 9.97 Å². The molecule has 0 radical (unpaired) electrons. The lowest BCUT2D eigenvalue weighted by Crippen LogP contribution is -2.13. The number of H-pyrrole nitrogens is 1. The van der Waals surface area contributed by atoms with Gasteiger partial charge in [-0.25, -0.2) is 21.8 Å². The molecular weight excluding hydrogens is 386 g/mol. The topological polar surface area (TPSA) is 109 Å². The lowest BCUT2D eigenvalue weighted by Gasteiger charge is -2.13. The van der Waals surface area contributed by atoms with Crippen LogP contribution in [0.2, 0.25) is 0 Å². The van der Waals surface area contributed by atoms with Crippen LogP contribution in [0.5, 0.6) is 0 Å². The Bertz CT molecular complexity index is 1200. The van der Waals surface area contributed by atoms with E-state index >= 15 is 0 Å². The zero-order valence-corrected chi connectivity index (χ0v) is 17.1. The third-order valence-electron chi connectivity index (χ3n) is 4.01. The molecule has 0 amide bonds. The summed E-state index contributed by atoms with van der Waals surface area (Å²) in [7, 11) is -7.23. The molecule has 0 unspecified atom stereocenters. The lowest BCUT2D eigenvalue weighted by atomic mass is 9.96. The van der Waals surface area contributed by atoms with Crippen LogP contribution in [0.3, 0.4) is 0 Å². The number of hydrogen-bond donors (Lipinski definition) is 2. The fourth-order valence-electron chi connectivity index (χ4n) is 2.51. The van der Waals surface area contributed by atoms with Gasteiger partial charge < -0.3 is 4.98 Å². The van der Waals surface area contributed by atoms with E-state index in [0.29, 0.717) is 5.69 Å². The predicted molar refractivity (Wildman–Crippen MR) is 105 cm³/mol. The Morgan fingerprint density at radius 2 is 1.52 bits per heavy atom. The van der Waals surface area contributed by atoms with Crippen LogP contribution < -0.4 is 4.72 Å². The number of sulfone groups is 1. The van der Waals surface area contributed by atoms with Crippen molar-refractivity contribution >= 4 is 36.6 Å². The fourth-order valence-corrected chi connectivity index (χ4v) is 4.19.